The molecule has 1 aromatic heterocycles. The second-order valence-electron chi connectivity index (χ2n) is 7.42. The summed E-state index contributed by atoms with van der Waals surface area (Å²) in [4.78, 5) is 28.0. The number of ether oxygens (including phenoxy) is 1. The van der Waals surface area contributed by atoms with Gasteiger partial charge in [0.2, 0.25) is 5.91 Å². The molecule has 0 saturated carbocycles. The van der Waals surface area contributed by atoms with Crippen molar-refractivity contribution in [1.82, 2.24) is 20.0 Å². The number of nitrogens with one attached hydrogen (secondary N) is 1. The van der Waals surface area contributed by atoms with Crippen molar-refractivity contribution < 1.29 is 14.3 Å². The van der Waals surface area contributed by atoms with Gasteiger partial charge in [-0.2, -0.15) is 5.10 Å². The zero-order valence-electron chi connectivity index (χ0n) is 15.7. The van der Waals surface area contributed by atoms with Crippen LogP contribution >= 0.6 is 0 Å². The Bertz CT molecular complexity index is 860. The Hall–Kier alpha value is -2.67. The van der Waals surface area contributed by atoms with Gasteiger partial charge in [0.25, 0.3) is 5.91 Å². The minimum atomic E-state index is -0.447. The van der Waals surface area contributed by atoms with Gasteiger partial charge in [0, 0.05) is 19.2 Å². The number of hydrogen-bond donors (Lipinski definition) is 1. The van der Waals surface area contributed by atoms with Crippen molar-refractivity contribution in [2.45, 2.75) is 25.4 Å². The second-order valence-corrected chi connectivity index (χ2v) is 7.42. The van der Waals surface area contributed by atoms with E-state index in [9.17, 15) is 9.59 Å². The molecule has 2 fully saturated rings. The number of aryl methyl sites for hydroxylation is 1. The Morgan fingerprint density at radius 1 is 1.30 bits per heavy atom. The smallest absolute Gasteiger partial charge is 0.271 e. The lowest BCUT2D eigenvalue weighted by Crippen LogP contribution is -2.54. The van der Waals surface area contributed by atoms with Gasteiger partial charge >= 0.3 is 0 Å². The first-order valence-corrected chi connectivity index (χ1v) is 9.31. The molecule has 0 bridgehead atoms. The van der Waals surface area contributed by atoms with Gasteiger partial charge in [-0.25, -0.2) is 0 Å². The normalized spacial score (nSPS) is 22.7. The van der Waals surface area contributed by atoms with Gasteiger partial charge in [-0.05, 0) is 24.5 Å². The number of carbonyl (C=O) groups excluding carboxylic acids is 2. The summed E-state index contributed by atoms with van der Waals surface area (Å²) >= 11 is 0. The van der Waals surface area contributed by atoms with Gasteiger partial charge in [-0.1, -0.05) is 31.2 Å². The fourth-order valence-corrected chi connectivity index (χ4v) is 3.82. The number of H-pyrrole nitrogens is 1. The number of morpholine rings is 1. The van der Waals surface area contributed by atoms with Crippen LogP contribution in [0.1, 0.15) is 29.4 Å². The predicted octanol–water partition coefficient (Wildman–Crippen LogP) is 1.71. The fourth-order valence-electron chi connectivity index (χ4n) is 3.82. The molecule has 1 N–H and O–H groups in total. The largest absolute Gasteiger partial charge is 0.361 e. The van der Waals surface area contributed by atoms with Gasteiger partial charge in [-0.15, -0.1) is 0 Å². The van der Waals surface area contributed by atoms with Crippen LogP contribution in [0.3, 0.4) is 0 Å². The summed E-state index contributed by atoms with van der Waals surface area (Å²) in [5, 5.41) is 7.17. The molecule has 2 saturated heterocycles. The van der Waals surface area contributed by atoms with Gasteiger partial charge < -0.3 is 14.5 Å². The summed E-state index contributed by atoms with van der Waals surface area (Å²) in [7, 11) is 1.78. The number of likely N-dealkylation sites (tertiary alicyclic amines) is 1. The highest BCUT2D eigenvalue weighted by Crippen LogP contribution is 2.30. The Morgan fingerprint density at radius 3 is 2.78 bits per heavy atom. The number of aromatic nitrogens is 2. The zero-order chi connectivity index (χ0) is 19.0. The number of amides is 2. The third kappa shape index (κ3) is 3.35. The molecule has 2 aliphatic rings. The lowest BCUT2D eigenvalue weighted by atomic mass is 10.0. The standard InChI is InChI=1S/C20H24N4O3/c1-3-14-4-6-15(7-5-14)16-10-17(22-21-16)19(26)24-9-8-20(13-24)12-23(2)18(25)11-27-20/h4-7,10H,3,8-9,11-13H2,1-2H3,(H,21,22)/t20-/m0/s1. The second kappa shape index (κ2) is 6.81. The van der Waals surface area contributed by atoms with Crippen LogP contribution in [0.15, 0.2) is 30.3 Å². The maximum atomic E-state index is 12.9. The SMILES string of the molecule is CCc1ccc(-c2cc(C(=O)N3CC[C@]4(CN(C)C(=O)CO4)C3)[nH]n2)cc1. The van der Waals surface area contributed by atoms with Crippen molar-refractivity contribution in [3.05, 3.63) is 41.6 Å². The highest BCUT2D eigenvalue weighted by Gasteiger charge is 2.45. The number of nitrogens with zero attached hydrogens (tertiary/aromatic N) is 3. The van der Waals surface area contributed by atoms with E-state index in [4.69, 9.17) is 4.74 Å². The molecular formula is C20H24N4O3. The monoisotopic (exact) mass is 368 g/mol. The van der Waals surface area contributed by atoms with Crippen LogP contribution in [-0.4, -0.2) is 70.7 Å². The molecule has 27 heavy (non-hydrogen) atoms. The summed E-state index contributed by atoms with van der Waals surface area (Å²) in [6.07, 6.45) is 1.72. The van der Waals surface area contributed by atoms with Crippen LogP contribution in [0.5, 0.6) is 0 Å². The van der Waals surface area contributed by atoms with Crippen molar-refractivity contribution >= 4 is 11.8 Å². The van der Waals surface area contributed by atoms with Crippen LogP contribution in [0.25, 0.3) is 11.3 Å². The highest BCUT2D eigenvalue weighted by atomic mass is 16.5. The van der Waals surface area contributed by atoms with Crippen molar-refractivity contribution in [1.29, 1.82) is 0 Å². The maximum absolute atomic E-state index is 12.9. The first kappa shape index (κ1) is 17.7. The Kier molecular flexibility index (Phi) is 4.47. The quantitative estimate of drug-likeness (QED) is 0.895. The van der Waals surface area contributed by atoms with E-state index in [1.54, 1.807) is 22.9 Å². The van der Waals surface area contributed by atoms with Crippen molar-refractivity contribution in [2.24, 2.45) is 0 Å². The minimum absolute atomic E-state index is 0.0160. The average Bonchev–Trinajstić information content (AvgIpc) is 3.33. The highest BCUT2D eigenvalue weighted by molar-refractivity contribution is 5.93. The third-order valence-corrected chi connectivity index (χ3v) is 5.52. The topological polar surface area (TPSA) is 78.5 Å². The number of aromatic amines is 1. The zero-order valence-corrected chi connectivity index (χ0v) is 15.7. The molecule has 0 aliphatic carbocycles. The summed E-state index contributed by atoms with van der Waals surface area (Å²) in [6, 6.07) is 10.0. The molecule has 7 nitrogen and oxygen atoms in total. The van der Waals surface area contributed by atoms with Crippen LogP contribution in [0.2, 0.25) is 0 Å². The molecule has 7 heteroatoms. The minimum Gasteiger partial charge on any atom is -0.361 e. The molecule has 1 atom stereocenters. The summed E-state index contributed by atoms with van der Waals surface area (Å²) in [6.45, 7) is 3.82. The van der Waals surface area contributed by atoms with E-state index in [0.29, 0.717) is 25.3 Å². The van der Waals surface area contributed by atoms with Crippen molar-refractivity contribution in [3.8, 4) is 11.3 Å². The molecule has 0 unspecified atom stereocenters. The van der Waals surface area contributed by atoms with E-state index in [1.807, 2.05) is 12.1 Å². The van der Waals surface area contributed by atoms with Crippen molar-refractivity contribution in [2.75, 3.05) is 33.3 Å². The summed E-state index contributed by atoms with van der Waals surface area (Å²) in [5.74, 6) is -0.100. The molecule has 142 valence electrons. The lowest BCUT2D eigenvalue weighted by molar-refractivity contribution is -0.158. The van der Waals surface area contributed by atoms with E-state index in [1.165, 1.54) is 5.56 Å². The van der Waals surface area contributed by atoms with Gasteiger partial charge in [0.15, 0.2) is 0 Å². The Labute approximate surface area is 158 Å². The number of hydrogen-bond acceptors (Lipinski definition) is 4. The van der Waals surface area contributed by atoms with Gasteiger partial charge in [0.1, 0.15) is 17.9 Å². The van der Waals surface area contributed by atoms with Crippen molar-refractivity contribution in [3.63, 3.8) is 0 Å². The predicted molar refractivity (Wildman–Crippen MR) is 100 cm³/mol. The van der Waals surface area contributed by atoms with E-state index in [-0.39, 0.29) is 18.4 Å². The van der Waals surface area contributed by atoms with Crippen LogP contribution in [0.4, 0.5) is 0 Å². The Balaban J connectivity index is 1.46. The van der Waals surface area contributed by atoms with Gasteiger partial charge in [0.05, 0.1) is 18.8 Å². The van der Waals surface area contributed by atoms with Crippen LogP contribution in [-0.2, 0) is 16.0 Å². The number of rotatable bonds is 3. The van der Waals surface area contributed by atoms with Crippen LogP contribution in [0, 0.1) is 0 Å². The fraction of sp³-hybridized carbons (Fsp3) is 0.450. The summed E-state index contributed by atoms with van der Waals surface area (Å²) in [5.41, 5.74) is 3.04. The first-order chi connectivity index (χ1) is 13.0. The lowest BCUT2D eigenvalue weighted by Gasteiger charge is -2.38. The molecule has 1 aromatic carbocycles. The van der Waals surface area contributed by atoms with Gasteiger partial charge in [-0.3, -0.25) is 14.7 Å². The average molecular weight is 368 g/mol. The maximum Gasteiger partial charge on any atom is 0.271 e. The molecule has 3 heterocycles. The van der Waals surface area contributed by atoms with Crippen LogP contribution < -0.4 is 0 Å². The summed E-state index contributed by atoms with van der Waals surface area (Å²) < 4.78 is 5.81. The third-order valence-electron chi connectivity index (χ3n) is 5.52. The first-order valence-electron chi connectivity index (χ1n) is 9.31. The number of carbonyl (C=O) groups is 2. The van der Waals surface area contributed by atoms with E-state index in [2.05, 4.69) is 29.3 Å². The molecule has 2 aromatic rings. The number of likely N-dealkylation sites (N-methyl/N-ethyl adjacent to an activating group) is 1. The molecule has 2 aliphatic heterocycles. The molecule has 2 amide bonds. The molecule has 0 radical (unpaired) electrons. The van der Waals surface area contributed by atoms with E-state index in [0.717, 1.165) is 24.1 Å². The molecular weight excluding hydrogens is 344 g/mol. The van der Waals surface area contributed by atoms with E-state index >= 15 is 0 Å². The number of benzene rings is 1. The Morgan fingerprint density at radius 2 is 2.07 bits per heavy atom. The molecule has 1 spiro atoms. The van der Waals surface area contributed by atoms with E-state index < -0.39 is 5.60 Å². The molecule has 4 rings (SSSR count).